The van der Waals surface area contributed by atoms with Crippen molar-refractivity contribution in [1.82, 2.24) is 4.90 Å². The minimum atomic E-state index is 0.0383. The van der Waals surface area contributed by atoms with Crippen LogP contribution in [0.1, 0.15) is 75.1 Å². The predicted octanol–water partition coefficient (Wildman–Crippen LogP) is 6.70. The zero-order chi connectivity index (χ0) is 28.6. The molecule has 2 aliphatic rings. The fourth-order valence-corrected chi connectivity index (χ4v) is 7.07. The SMILES string of the molecule is CCCCc1ccccc1C.COc1c(OCCN)ccc(C)c1C12CCN(C)C(C)C1CC(C)C(OC)C2. The maximum absolute atomic E-state index is 5.99. The van der Waals surface area contributed by atoms with Crippen molar-refractivity contribution in [2.75, 3.05) is 41.0 Å². The number of methoxy groups -OCH3 is 2. The molecule has 0 radical (unpaired) electrons. The molecule has 4 rings (SSSR count). The van der Waals surface area contributed by atoms with Gasteiger partial charge in [-0.25, -0.2) is 0 Å². The van der Waals surface area contributed by atoms with Gasteiger partial charge in [0.15, 0.2) is 11.5 Å². The standard InChI is InChI=1S/C23H38N2O3.C11H16/c1-15-7-8-19(28-12-10-24)22(27-6)21(15)23-9-11-25(4)17(3)18(23)13-16(2)20(14-23)26-5;1-3-4-8-11-9-6-5-7-10(11)2/h7-8,16-18,20H,9-14,24H2,1-6H3;5-7,9H,3-4,8H2,1-2H3. The normalized spacial score (nSPS) is 26.8. The molecular weight excluding hydrogens is 484 g/mol. The monoisotopic (exact) mass is 538 g/mol. The summed E-state index contributed by atoms with van der Waals surface area (Å²) in [5.41, 5.74) is 11.3. The summed E-state index contributed by atoms with van der Waals surface area (Å²) in [5, 5.41) is 0. The quantitative estimate of drug-likeness (QED) is 0.385. The van der Waals surface area contributed by atoms with E-state index in [1.165, 1.54) is 47.9 Å². The van der Waals surface area contributed by atoms with E-state index in [-0.39, 0.29) is 11.5 Å². The van der Waals surface area contributed by atoms with E-state index in [9.17, 15) is 0 Å². The number of rotatable bonds is 9. The molecule has 1 heterocycles. The minimum Gasteiger partial charge on any atom is -0.493 e. The smallest absolute Gasteiger partial charge is 0.164 e. The Hall–Kier alpha value is -2.08. The number of fused-ring (bicyclic) bond motifs is 1. The molecule has 0 spiro atoms. The molecule has 1 aliphatic heterocycles. The Kier molecular flexibility index (Phi) is 11.7. The zero-order valence-electron chi connectivity index (χ0n) is 25.9. The van der Waals surface area contributed by atoms with E-state index in [2.05, 4.69) is 76.9 Å². The van der Waals surface area contributed by atoms with Crippen LogP contribution in [0.2, 0.25) is 0 Å². The molecule has 0 bridgehead atoms. The van der Waals surface area contributed by atoms with Gasteiger partial charge in [0, 0.05) is 30.7 Å². The highest BCUT2D eigenvalue weighted by molar-refractivity contribution is 5.55. The van der Waals surface area contributed by atoms with Crippen LogP contribution in [0.3, 0.4) is 0 Å². The van der Waals surface area contributed by atoms with E-state index >= 15 is 0 Å². The van der Waals surface area contributed by atoms with E-state index in [0.29, 0.717) is 31.0 Å². The number of hydrogen-bond donors (Lipinski definition) is 1. The van der Waals surface area contributed by atoms with Gasteiger partial charge in [0.1, 0.15) is 6.61 Å². The molecule has 2 aromatic carbocycles. The van der Waals surface area contributed by atoms with Crippen molar-refractivity contribution in [2.45, 2.75) is 90.7 Å². The van der Waals surface area contributed by atoms with Gasteiger partial charge in [0.05, 0.1) is 13.2 Å². The first kappa shape index (κ1) is 31.4. The van der Waals surface area contributed by atoms with Crippen LogP contribution >= 0.6 is 0 Å². The lowest BCUT2D eigenvalue weighted by molar-refractivity contribution is -0.0690. The van der Waals surface area contributed by atoms with Crippen LogP contribution in [-0.2, 0) is 16.6 Å². The summed E-state index contributed by atoms with van der Waals surface area (Å²) in [6.07, 6.45) is 7.42. The van der Waals surface area contributed by atoms with Gasteiger partial charge in [0.2, 0.25) is 0 Å². The summed E-state index contributed by atoms with van der Waals surface area (Å²) in [6, 6.07) is 13.4. The highest BCUT2D eigenvalue weighted by atomic mass is 16.5. The van der Waals surface area contributed by atoms with E-state index in [0.717, 1.165) is 30.9 Å². The van der Waals surface area contributed by atoms with E-state index in [4.69, 9.17) is 19.9 Å². The van der Waals surface area contributed by atoms with Crippen molar-refractivity contribution in [3.63, 3.8) is 0 Å². The molecule has 5 atom stereocenters. The van der Waals surface area contributed by atoms with Crippen LogP contribution < -0.4 is 15.2 Å². The molecule has 5 unspecified atom stereocenters. The van der Waals surface area contributed by atoms with E-state index < -0.39 is 0 Å². The highest BCUT2D eigenvalue weighted by Gasteiger charge is 2.54. The Balaban J connectivity index is 0.000000320. The van der Waals surface area contributed by atoms with Crippen LogP contribution in [0, 0.1) is 25.7 Å². The number of ether oxygens (including phenoxy) is 3. The average Bonchev–Trinajstić information content (AvgIpc) is 2.94. The Morgan fingerprint density at radius 2 is 1.79 bits per heavy atom. The predicted molar refractivity (Wildman–Crippen MR) is 163 cm³/mol. The number of nitrogens with two attached hydrogens (primary N) is 1. The molecule has 5 nitrogen and oxygen atoms in total. The summed E-state index contributed by atoms with van der Waals surface area (Å²) in [5.74, 6) is 2.81. The van der Waals surface area contributed by atoms with Crippen molar-refractivity contribution in [3.05, 3.63) is 58.7 Å². The maximum Gasteiger partial charge on any atom is 0.164 e. The van der Waals surface area contributed by atoms with Crippen LogP contribution in [0.25, 0.3) is 0 Å². The van der Waals surface area contributed by atoms with Crippen LogP contribution in [0.15, 0.2) is 36.4 Å². The van der Waals surface area contributed by atoms with Gasteiger partial charge >= 0.3 is 0 Å². The Morgan fingerprint density at radius 1 is 1.05 bits per heavy atom. The summed E-state index contributed by atoms with van der Waals surface area (Å²) in [4.78, 5) is 2.51. The summed E-state index contributed by atoms with van der Waals surface area (Å²) < 4.78 is 17.9. The second kappa shape index (κ2) is 14.5. The molecule has 5 heteroatoms. The average molecular weight is 539 g/mol. The lowest BCUT2D eigenvalue weighted by Gasteiger charge is -2.57. The molecular formula is C34H54N2O3. The first-order valence-corrected chi connectivity index (χ1v) is 15.0. The number of nitrogens with zero attached hydrogens (tertiary/aromatic N) is 1. The third-order valence-electron chi connectivity index (χ3n) is 9.49. The Bertz CT molecular complexity index is 1040. The van der Waals surface area contributed by atoms with Gasteiger partial charge < -0.3 is 24.8 Å². The molecule has 2 N–H and O–H groups in total. The fraction of sp³-hybridized carbons (Fsp3) is 0.647. The van der Waals surface area contributed by atoms with Crippen LogP contribution in [0.4, 0.5) is 0 Å². The van der Waals surface area contributed by atoms with Crippen LogP contribution in [-0.4, -0.2) is 58.0 Å². The summed E-state index contributed by atoms with van der Waals surface area (Å²) in [6.45, 7) is 13.4. The van der Waals surface area contributed by atoms with Gasteiger partial charge in [0.25, 0.3) is 0 Å². The molecule has 0 amide bonds. The van der Waals surface area contributed by atoms with Crippen molar-refractivity contribution < 1.29 is 14.2 Å². The summed E-state index contributed by atoms with van der Waals surface area (Å²) in [7, 11) is 5.88. The number of benzene rings is 2. The largest absolute Gasteiger partial charge is 0.493 e. The molecule has 218 valence electrons. The fourth-order valence-electron chi connectivity index (χ4n) is 7.07. The number of hydrogen-bond acceptors (Lipinski definition) is 5. The van der Waals surface area contributed by atoms with E-state index in [1.807, 2.05) is 13.2 Å². The summed E-state index contributed by atoms with van der Waals surface area (Å²) >= 11 is 0. The lowest BCUT2D eigenvalue weighted by atomic mass is 9.53. The second-order valence-electron chi connectivity index (χ2n) is 11.9. The third kappa shape index (κ3) is 6.99. The topological polar surface area (TPSA) is 57.0 Å². The molecule has 0 aromatic heterocycles. The van der Waals surface area contributed by atoms with E-state index in [1.54, 1.807) is 7.11 Å². The lowest BCUT2D eigenvalue weighted by Crippen LogP contribution is -2.59. The van der Waals surface area contributed by atoms with Gasteiger partial charge in [-0.2, -0.15) is 0 Å². The molecule has 39 heavy (non-hydrogen) atoms. The maximum atomic E-state index is 5.99. The Labute approximate surface area is 238 Å². The van der Waals surface area contributed by atoms with Crippen molar-refractivity contribution in [3.8, 4) is 11.5 Å². The van der Waals surface area contributed by atoms with Gasteiger partial charge in [-0.05, 0) is 101 Å². The molecule has 2 aromatic rings. The zero-order valence-corrected chi connectivity index (χ0v) is 25.9. The molecule has 1 aliphatic carbocycles. The van der Waals surface area contributed by atoms with Crippen molar-refractivity contribution in [2.24, 2.45) is 17.6 Å². The number of aryl methyl sites for hydroxylation is 3. The van der Waals surface area contributed by atoms with Crippen molar-refractivity contribution >= 4 is 0 Å². The third-order valence-corrected chi connectivity index (χ3v) is 9.49. The minimum absolute atomic E-state index is 0.0383. The molecule has 2 fully saturated rings. The number of piperidine rings is 1. The van der Waals surface area contributed by atoms with Gasteiger partial charge in [-0.1, -0.05) is 50.6 Å². The number of likely N-dealkylation sites (tertiary alicyclic amines) is 1. The highest BCUT2D eigenvalue weighted by Crippen LogP contribution is 2.57. The van der Waals surface area contributed by atoms with Gasteiger partial charge in [-0.3, -0.25) is 0 Å². The first-order valence-electron chi connectivity index (χ1n) is 15.0. The Morgan fingerprint density at radius 3 is 2.44 bits per heavy atom. The molecule has 1 saturated carbocycles. The van der Waals surface area contributed by atoms with Gasteiger partial charge in [-0.15, -0.1) is 0 Å². The van der Waals surface area contributed by atoms with Crippen molar-refractivity contribution in [1.29, 1.82) is 0 Å². The number of unbranched alkanes of at least 4 members (excludes halogenated alkanes) is 1. The van der Waals surface area contributed by atoms with Crippen LogP contribution in [0.5, 0.6) is 11.5 Å². The first-order chi connectivity index (χ1) is 18.7. The second-order valence-corrected chi connectivity index (χ2v) is 11.9. The molecule has 1 saturated heterocycles.